The molecule has 5 heteroatoms. The van der Waals surface area contributed by atoms with Crippen molar-refractivity contribution in [3.8, 4) is 0 Å². The molecule has 5 nitrogen and oxygen atoms in total. The van der Waals surface area contributed by atoms with E-state index in [1.54, 1.807) is 0 Å². The number of aliphatic hydroxyl groups is 3. The largest absolute Gasteiger partial charge is 0.393 e. The van der Waals surface area contributed by atoms with Crippen molar-refractivity contribution in [2.45, 2.75) is 31.0 Å². The van der Waals surface area contributed by atoms with Crippen LogP contribution in [-0.4, -0.2) is 53.1 Å². The number of ether oxygens (including phenoxy) is 2. The van der Waals surface area contributed by atoms with Crippen LogP contribution in [0.4, 0.5) is 0 Å². The van der Waals surface area contributed by atoms with Crippen LogP contribution in [0.15, 0.2) is 0 Å². The van der Waals surface area contributed by atoms with Gasteiger partial charge in [-0.2, -0.15) is 0 Å². The zero-order valence-corrected chi connectivity index (χ0v) is 7.10. The predicted molar refractivity (Wildman–Crippen MR) is 39.4 cm³/mol. The first-order valence-corrected chi connectivity index (χ1v) is 3.73. The molecule has 0 aromatic heterocycles. The molecular weight excluding hydrogens is 164 g/mol. The molecule has 1 heterocycles. The number of methoxy groups -OCH3 is 1. The van der Waals surface area contributed by atoms with Crippen molar-refractivity contribution >= 4 is 0 Å². The van der Waals surface area contributed by atoms with Crippen LogP contribution < -0.4 is 0 Å². The minimum Gasteiger partial charge on any atom is -0.393 e. The Morgan fingerprint density at radius 2 is 2.08 bits per heavy atom. The van der Waals surface area contributed by atoms with Gasteiger partial charge in [-0.1, -0.05) is 0 Å². The first kappa shape index (κ1) is 9.88. The van der Waals surface area contributed by atoms with E-state index in [0.29, 0.717) is 0 Å². The van der Waals surface area contributed by atoms with E-state index < -0.39 is 24.1 Å². The molecule has 1 rings (SSSR count). The molecule has 3 N–H and O–H groups in total. The topological polar surface area (TPSA) is 79.2 Å². The van der Waals surface area contributed by atoms with Crippen molar-refractivity contribution in [2.24, 2.45) is 0 Å². The molecular formula is C7H14O5. The van der Waals surface area contributed by atoms with Gasteiger partial charge in [-0.15, -0.1) is 0 Å². The third-order valence-electron chi connectivity index (χ3n) is 2.16. The standard InChI is InChI=1S/C7H14O5/c1-7(3-8)5(10)4(9)6(11-2)12-7/h4-6,8-10H,3H2,1-2H3/t4-,5+,6?,7-/m0/s1. The summed E-state index contributed by atoms with van der Waals surface area (Å²) in [5.74, 6) is 0. The molecule has 4 atom stereocenters. The van der Waals surface area contributed by atoms with Crippen LogP contribution in [0.25, 0.3) is 0 Å². The molecule has 72 valence electrons. The maximum Gasteiger partial charge on any atom is 0.186 e. The van der Waals surface area contributed by atoms with Gasteiger partial charge in [0.15, 0.2) is 6.29 Å². The Labute approximate surface area is 70.5 Å². The summed E-state index contributed by atoms with van der Waals surface area (Å²) in [5, 5.41) is 27.6. The number of aliphatic hydroxyl groups excluding tert-OH is 3. The molecule has 1 unspecified atom stereocenters. The summed E-state index contributed by atoms with van der Waals surface area (Å²) in [6.07, 6.45) is -3.09. The second-order valence-electron chi connectivity index (χ2n) is 3.13. The summed E-state index contributed by atoms with van der Waals surface area (Å²) >= 11 is 0. The van der Waals surface area contributed by atoms with Gasteiger partial charge in [0.1, 0.15) is 17.8 Å². The fourth-order valence-corrected chi connectivity index (χ4v) is 1.23. The van der Waals surface area contributed by atoms with Crippen molar-refractivity contribution in [1.29, 1.82) is 0 Å². The number of hydrogen-bond acceptors (Lipinski definition) is 5. The van der Waals surface area contributed by atoms with E-state index in [4.69, 9.17) is 14.6 Å². The van der Waals surface area contributed by atoms with Crippen molar-refractivity contribution in [3.05, 3.63) is 0 Å². The van der Waals surface area contributed by atoms with Gasteiger partial charge in [-0.25, -0.2) is 0 Å². The molecule has 0 aliphatic carbocycles. The summed E-state index contributed by atoms with van der Waals surface area (Å²) in [7, 11) is 1.36. The highest BCUT2D eigenvalue weighted by molar-refractivity contribution is 4.96. The molecule has 1 fully saturated rings. The highest BCUT2D eigenvalue weighted by Gasteiger charge is 2.51. The van der Waals surface area contributed by atoms with E-state index in [1.807, 2.05) is 0 Å². The Morgan fingerprint density at radius 1 is 1.50 bits per heavy atom. The maximum absolute atomic E-state index is 9.40. The van der Waals surface area contributed by atoms with E-state index in [2.05, 4.69) is 0 Å². The SMILES string of the molecule is COC1O[C@@](C)(CO)[C@H](O)[C@@H]1O. The lowest BCUT2D eigenvalue weighted by molar-refractivity contribution is -0.182. The Morgan fingerprint density at radius 3 is 2.33 bits per heavy atom. The van der Waals surface area contributed by atoms with E-state index in [1.165, 1.54) is 14.0 Å². The molecule has 0 spiro atoms. The Kier molecular flexibility index (Phi) is 2.70. The summed E-state index contributed by atoms with van der Waals surface area (Å²) < 4.78 is 9.85. The summed E-state index contributed by atoms with van der Waals surface area (Å²) in [6, 6.07) is 0. The Balaban J connectivity index is 2.72. The smallest absolute Gasteiger partial charge is 0.186 e. The normalized spacial score (nSPS) is 48.2. The second kappa shape index (κ2) is 3.27. The predicted octanol–water partition coefficient (Wildman–Crippen LogP) is -1.54. The molecule has 1 aliphatic heterocycles. The van der Waals surface area contributed by atoms with Gasteiger partial charge in [0.2, 0.25) is 0 Å². The molecule has 12 heavy (non-hydrogen) atoms. The van der Waals surface area contributed by atoms with E-state index in [-0.39, 0.29) is 6.61 Å². The summed E-state index contributed by atoms with van der Waals surface area (Å²) in [4.78, 5) is 0. The first-order chi connectivity index (χ1) is 5.55. The summed E-state index contributed by atoms with van der Waals surface area (Å²) in [6.45, 7) is 1.16. The average molecular weight is 178 g/mol. The van der Waals surface area contributed by atoms with Gasteiger partial charge in [0, 0.05) is 7.11 Å². The van der Waals surface area contributed by atoms with Gasteiger partial charge in [0.25, 0.3) is 0 Å². The molecule has 0 saturated carbocycles. The lowest BCUT2D eigenvalue weighted by Crippen LogP contribution is -2.43. The zero-order valence-electron chi connectivity index (χ0n) is 7.10. The van der Waals surface area contributed by atoms with Gasteiger partial charge in [-0.05, 0) is 6.92 Å². The van der Waals surface area contributed by atoms with E-state index in [0.717, 1.165) is 0 Å². The molecule has 0 aromatic carbocycles. The fourth-order valence-electron chi connectivity index (χ4n) is 1.23. The van der Waals surface area contributed by atoms with Crippen LogP contribution in [0.1, 0.15) is 6.92 Å². The number of hydrogen-bond donors (Lipinski definition) is 3. The summed E-state index contributed by atoms with van der Waals surface area (Å²) in [5.41, 5.74) is -1.12. The lowest BCUT2D eigenvalue weighted by atomic mass is 9.99. The van der Waals surface area contributed by atoms with Crippen molar-refractivity contribution in [2.75, 3.05) is 13.7 Å². The second-order valence-corrected chi connectivity index (χ2v) is 3.13. The average Bonchev–Trinajstić information content (AvgIpc) is 2.31. The van der Waals surface area contributed by atoms with Crippen LogP contribution in [0.5, 0.6) is 0 Å². The quantitative estimate of drug-likeness (QED) is 0.477. The van der Waals surface area contributed by atoms with Crippen molar-refractivity contribution in [1.82, 2.24) is 0 Å². The molecule has 1 saturated heterocycles. The highest BCUT2D eigenvalue weighted by Crippen LogP contribution is 2.30. The van der Waals surface area contributed by atoms with Gasteiger partial charge in [0.05, 0.1) is 6.61 Å². The highest BCUT2D eigenvalue weighted by atomic mass is 16.7. The molecule has 0 amide bonds. The van der Waals surface area contributed by atoms with Crippen LogP contribution in [0.2, 0.25) is 0 Å². The van der Waals surface area contributed by atoms with E-state index >= 15 is 0 Å². The van der Waals surface area contributed by atoms with Crippen LogP contribution >= 0.6 is 0 Å². The van der Waals surface area contributed by atoms with Crippen molar-refractivity contribution in [3.63, 3.8) is 0 Å². The number of rotatable bonds is 2. The Hall–Kier alpha value is -0.200. The minimum atomic E-state index is -1.12. The van der Waals surface area contributed by atoms with Crippen LogP contribution in [-0.2, 0) is 9.47 Å². The molecule has 1 aliphatic rings. The van der Waals surface area contributed by atoms with Crippen LogP contribution in [0, 0.1) is 0 Å². The third-order valence-corrected chi connectivity index (χ3v) is 2.16. The minimum absolute atomic E-state index is 0.356. The monoisotopic (exact) mass is 178 g/mol. The van der Waals surface area contributed by atoms with Crippen molar-refractivity contribution < 1.29 is 24.8 Å². The van der Waals surface area contributed by atoms with Gasteiger partial charge in [-0.3, -0.25) is 0 Å². The zero-order chi connectivity index (χ0) is 9.35. The van der Waals surface area contributed by atoms with E-state index in [9.17, 15) is 10.2 Å². The third kappa shape index (κ3) is 1.34. The molecule has 0 bridgehead atoms. The van der Waals surface area contributed by atoms with Gasteiger partial charge < -0.3 is 24.8 Å². The maximum atomic E-state index is 9.40. The fraction of sp³-hybridized carbons (Fsp3) is 1.00. The lowest BCUT2D eigenvalue weighted by Gasteiger charge is -2.24. The molecule has 0 radical (unpaired) electrons. The van der Waals surface area contributed by atoms with Crippen LogP contribution in [0.3, 0.4) is 0 Å². The Bertz CT molecular complexity index is 162. The van der Waals surface area contributed by atoms with Gasteiger partial charge >= 0.3 is 0 Å². The molecule has 0 aromatic rings. The first-order valence-electron chi connectivity index (χ1n) is 3.73.